The maximum atomic E-state index is 12.3. The first kappa shape index (κ1) is 15.8. The van der Waals surface area contributed by atoms with Crippen molar-refractivity contribution in [3.63, 3.8) is 0 Å². The summed E-state index contributed by atoms with van der Waals surface area (Å²) in [5.41, 5.74) is 1.20. The fraction of sp³-hybridized carbons (Fsp3) is 0.294. The summed E-state index contributed by atoms with van der Waals surface area (Å²) in [5, 5.41) is 6.06. The molecule has 0 saturated carbocycles. The monoisotopic (exact) mass is 299 g/mol. The van der Waals surface area contributed by atoms with Gasteiger partial charge in [0, 0.05) is 18.3 Å². The van der Waals surface area contributed by atoms with Crippen LogP contribution < -0.4 is 15.4 Å². The molecule has 5 nitrogen and oxygen atoms in total. The number of pyridine rings is 1. The van der Waals surface area contributed by atoms with Crippen molar-refractivity contribution in [1.29, 1.82) is 0 Å². The number of hydrogen-bond acceptors (Lipinski definition) is 4. The molecule has 0 aliphatic heterocycles. The molecule has 2 rings (SSSR count). The first-order valence-electron chi connectivity index (χ1n) is 7.39. The molecule has 5 heteroatoms. The van der Waals surface area contributed by atoms with Gasteiger partial charge in [0.15, 0.2) is 0 Å². The molecule has 0 unspecified atom stereocenters. The van der Waals surface area contributed by atoms with E-state index < -0.39 is 0 Å². The van der Waals surface area contributed by atoms with Crippen molar-refractivity contribution in [2.75, 3.05) is 24.3 Å². The number of rotatable bonds is 7. The topological polar surface area (TPSA) is 63.2 Å². The van der Waals surface area contributed by atoms with E-state index in [-0.39, 0.29) is 5.91 Å². The number of anilines is 2. The smallest absolute Gasteiger partial charge is 0.255 e. The van der Waals surface area contributed by atoms with E-state index in [2.05, 4.69) is 22.5 Å². The second-order valence-corrected chi connectivity index (χ2v) is 4.86. The third-order valence-electron chi connectivity index (χ3n) is 3.21. The number of para-hydroxylation sites is 2. The van der Waals surface area contributed by atoms with E-state index in [1.54, 1.807) is 37.6 Å². The Hall–Kier alpha value is -2.56. The number of unbranched alkanes of at least 4 members (excludes halogenated alkanes) is 1. The minimum atomic E-state index is -0.189. The highest BCUT2D eigenvalue weighted by Crippen LogP contribution is 2.23. The van der Waals surface area contributed by atoms with Crippen LogP contribution in [-0.4, -0.2) is 24.5 Å². The molecule has 0 aliphatic carbocycles. The summed E-state index contributed by atoms with van der Waals surface area (Å²) in [6.45, 7) is 2.98. The van der Waals surface area contributed by atoms with Crippen molar-refractivity contribution in [3.8, 4) is 5.75 Å². The summed E-state index contributed by atoms with van der Waals surface area (Å²) >= 11 is 0. The molecule has 0 bridgehead atoms. The summed E-state index contributed by atoms with van der Waals surface area (Å²) in [4.78, 5) is 16.6. The lowest BCUT2D eigenvalue weighted by Crippen LogP contribution is -2.13. The van der Waals surface area contributed by atoms with Crippen LogP contribution in [0.5, 0.6) is 5.75 Å². The van der Waals surface area contributed by atoms with Gasteiger partial charge in [0.1, 0.15) is 11.6 Å². The van der Waals surface area contributed by atoms with Gasteiger partial charge in [0.2, 0.25) is 0 Å². The van der Waals surface area contributed by atoms with E-state index in [1.807, 2.05) is 12.1 Å². The number of amides is 1. The molecule has 0 fully saturated rings. The van der Waals surface area contributed by atoms with E-state index in [0.29, 0.717) is 22.8 Å². The van der Waals surface area contributed by atoms with E-state index in [4.69, 9.17) is 4.74 Å². The van der Waals surface area contributed by atoms with Crippen molar-refractivity contribution in [2.45, 2.75) is 19.8 Å². The quantitative estimate of drug-likeness (QED) is 0.767. The van der Waals surface area contributed by atoms with Crippen molar-refractivity contribution in [3.05, 3.63) is 48.2 Å². The highest BCUT2D eigenvalue weighted by atomic mass is 16.5. The van der Waals surface area contributed by atoms with E-state index >= 15 is 0 Å². The van der Waals surface area contributed by atoms with Gasteiger partial charge in [-0.25, -0.2) is 4.98 Å². The van der Waals surface area contributed by atoms with Crippen molar-refractivity contribution >= 4 is 17.4 Å². The van der Waals surface area contributed by atoms with Gasteiger partial charge in [-0.2, -0.15) is 0 Å². The molecular formula is C17H21N3O2. The maximum absolute atomic E-state index is 12.3. The number of hydrogen-bond donors (Lipinski definition) is 2. The third kappa shape index (κ3) is 4.22. The predicted molar refractivity (Wildman–Crippen MR) is 88.6 cm³/mol. The summed E-state index contributed by atoms with van der Waals surface area (Å²) < 4.78 is 5.23. The zero-order valence-electron chi connectivity index (χ0n) is 12.9. The minimum Gasteiger partial charge on any atom is -0.495 e. The van der Waals surface area contributed by atoms with Gasteiger partial charge in [-0.3, -0.25) is 4.79 Å². The molecule has 22 heavy (non-hydrogen) atoms. The number of methoxy groups -OCH3 is 1. The molecule has 0 aliphatic rings. The van der Waals surface area contributed by atoms with E-state index in [9.17, 15) is 4.79 Å². The predicted octanol–water partition coefficient (Wildman–Crippen LogP) is 3.55. The zero-order chi connectivity index (χ0) is 15.8. The molecule has 0 atom stereocenters. The molecule has 1 aromatic carbocycles. The second kappa shape index (κ2) is 8.02. The Balaban J connectivity index is 2.07. The zero-order valence-corrected chi connectivity index (χ0v) is 12.9. The summed E-state index contributed by atoms with van der Waals surface area (Å²) in [6.07, 6.45) is 3.81. The molecule has 1 amide bonds. The Morgan fingerprint density at radius 2 is 2.09 bits per heavy atom. The maximum Gasteiger partial charge on any atom is 0.255 e. The van der Waals surface area contributed by atoms with Crippen molar-refractivity contribution < 1.29 is 9.53 Å². The van der Waals surface area contributed by atoms with Crippen LogP contribution in [0.25, 0.3) is 0 Å². The van der Waals surface area contributed by atoms with Gasteiger partial charge >= 0.3 is 0 Å². The van der Waals surface area contributed by atoms with Crippen LogP contribution in [0.4, 0.5) is 11.5 Å². The van der Waals surface area contributed by atoms with Crippen LogP contribution in [0.2, 0.25) is 0 Å². The van der Waals surface area contributed by atoms with Crippen LogP contribution in [0.1, 0.15) is 30.1 Å². The average molecular weight is 299 g/mol. The standard InChI is InChI=1S/C17H21N3O2/c1-3-4-10-18-16-12-13(9-11-19-16)17(21)20-14-7-5-6-8-15(14)22-2/h5-9,11-12H,3-4,10H2,1-2H3,(H,18,19)(H,20,21). The second-order valence-electron chi connectivity index (χ2n) is 4.86. The van der Waals surface area contributed by atoms with Crippen molar-refractivity contribution in [2.24, 2.45) is 0 Å². The lowest BCUT2D eigenvalue weighted by molar-refractivity contribution is 0.102. The molecule has 116 valence electrons. The van der Waals surface area contributed by atoms with Gasteiger partial charge < -0.3 is 15.4 Å². The Morgan fingerprint density at radius 3 is 2.86 bits per heavy atom. The summed E-state index contributed by atoms with van der Waals surface area (Å²) in [5.74, 6) is 1.15. The van der Waals surface area contributed by atoms with Gasteiger partial charge in [-0.05, 0) is 30.7 Å². The SMILES string of the molecule is CCCCNc1cc(C(=O)Nc2ccccc2OC)ccn1. The van der Waals surface area contributed by atoms with Crippen molar-refractivity contribution in [1.82, 2.24) is 4.98 Å². The van der Waals surface area contributed by atoms with Crippen LogP contribution in [0.3, 0.4) is 0 Å². The largest absolute Gasteiger partial charge is 0.495 e. The first-order chi connectivity index (χ1) is 10.7. The van der Waals surface area contributed by atoms with Gasteiger partial charge in [-0.15, -0.1) is 0 Å². The molecule has 2 aromatic rings. The Kier molecular flexibility index (Phi) is 5.77. The lowest BCUT2D eigenvalue weighted by Gasteiger charge is -2.10. The normalized spacial score (nSPS) is 10.1. The van der Waals surface area contributed by atoms with E-state index in [1.165, 1.54) is 0 Å². The minimum absolute atomic E-state index is 0.189. The molecule has 0 spiro atoms. The number of ether oxygens (including phenoxy) is 1. The number of nitrogens with one attached hydrogen (secondary N) is 2. The van der Waals surface area contributed by atoms with Crippen LogP contribution >= 0.6 is 0 Å². The molecule has 1 heterocycles. The fourth-order valence-corrected chi connectivity index (χ4v) is 2.00. The summed E-state index contributed by atoms with van der Waals surface area (Å²) in [7, 11) is 1.58. The molecular weight excluding hydrogens is 278 g/mol. The Labute approximate surface area is 130 Å². The first-order valence-corrected chi connectivity index (χ1v) is 7.39. The Morgan fingerprint density at radius 1 is 1.27 bits per heavy atom. The third-order valence-corrected chi connectivity index (χ3v) is 3.21. The Bertz CT molecular complexity index is 629. The van der Waals surface area contributed by atoms with Crippen LogP contribution in [0.15, 0.2) is 42.6 Å². The van der Waals surface area contributed by atoms with Gasteiger partial charge in [0.05, 0.1) is 12.8 Å². The number of nitrogens with zero attached hydrogens (tertiary/aromatic N) is 1. The highest BCUT2D eigenvalue weighted by Gasteiger charge is 2.10. The highest BCUT2D eigenvalue weighted by molar-refractivity contribution is 6.05. The molecule has 0 radical (unpaired) electrons. The fourth-order valence-electron chi connectivity index (χ4n) is 2.00. The number of aromatic nitrogens is 1. The molecule has 0 saturated heterocycles. The molecule has 1 aromatic heterocycles. The van der Waals surface area contributed by atoms with Crippen LogP contribution in [-0.2, 0) is 0 Å². The number of carbonyl (C=O) groups is 1. The van der Waals surface area contributed by atoms with E-state index in [0.717, 1.165) is 19.4 Å². The van der Waals surface area contributed by atoms with Crippen LogP contribution in [0, 0.1) is 0 Å². The van der Waals surface area contributed by atoms with Gasteiger partial charge in [-0.1, -0.05) is 25.5 Å². The lowest BCUT2D eigenvalue weighted by atomic mass is 10.2. The summed E-state index contributed by atoms with van der Waals surface area (Å²) in [6, 6.07) is 10.8. The average Bonchev–Trinajstić information content (AvgIpc) is 2.56. The number of carbonyl (C=O) groups excluding carboxylic acids is 1. The molecule has 2 N–H and O–H groups in total. The van der Waals surface area contributed by atoms with Gasteiger partial charge in [0.25, 0.3) is 5.91 Å². The number of benzene rings is 1.